The van der Waals surface area contributed by atoms with Crippen LogP contribution in [0.15, 0.2) is 36.7 Å². The molecule has 3 aromatic rings. The Labute approximate surface area is 241 Å². The summed E-state index contributed by atoms with van der Waals surface area (Å²) in [5.74, 6) is -0.814. The molecule has 0 spiro atoms. The molecule has 2 heterocycles. The number of hydrogen-bond donors (Lipinski definition) is 2. The Hall–Kier alpha value is -3.69. The number of benzene rings is 1. The van der Waals surface area contributed by atoms with Crippen molar-refractivity contribution in [1.82, 2.24) is 34.9 Å². The van der Waals surface area contributed by atoms with Crippen molar-refractivity contribution in [2.75, 3.05) is 11.3 Å². The Bertz CT molecular complexity index is 1260. The normalized spacial score (nSPS) is 12.8. The van der Waals surface area contributed by atoms with Gasteiger partial charge in [0.05, 0.1) is 23.8 Å². The maximum absolute atomic E-state index is 12.2. The number of nitrogens with one attached hydrogen (secondary N) is 1. The minimum atomic E-state index is -2.14. The van der Waals surface area contributed by atoms with Crippen molar-refractivity contribution in [3.8, 4) is 0 Å². The van der Waals surface area contributed by atoms with E-state index in [4.69, 9.17) is 14.0 Å². The van der Waals surface area contributed by atoms with Gasteiger partial charge >= 0.3 is 11.9 Å². The molecule has 0 aliphatic heterocycles. The SMILES string of the molecule is CC(C)(C)OC(=O)Cn1cc(CN(CCc2ccc(NS(=O)O)cc2)Cc2cn(CC(=O)OC(C)(C)C)nn2)nn1. The molecule has 2 N–H and O–H groups in total. The van der Waals surface area contributed by atoms with Gasteiger partial charge in [0.15, 0.2) is 0 Å². The molecule has 41 heavy (non-hydrogen) atoms. The lowest BCUT2D eigenvalue weighted by Gasteiger charge is -2.20. The third-order valence-corrected chi connectivity index (χ3v) is 5.65. The maximum Gasteiger partial charge on any atom is 0.328 e. The predicted octanol–water partition coefficient (Wildman–Crippen LogP) is 2.35. The van der Waals surface area contributed by atoms with Crippen LogP contribution in [0, 0.1) is 0 Å². The van der Waals surface area contributed by atoms with Crippen LogP contribution in [0.25, 0.3) is 0 Å². The van der Waals surface area contributed by atoms with Gasteiger partial charge in [-0.05, 0) is 65.7 Å². The highest BCUT2D eigenvalue weighted by molar-refractivity contribution is 7.80. The number of carbonyl (C=O) groups is 2. The van der Waals surface area contributed by atoms with Crippen LogP contribution in [0.2, 0.25) is 0 Å². The zero-order valence-corrected chi connectivity index (χ0v) is 25.1. The van der Waals surface area contributed by atoms with E-state index >= 15 is 0 Å². The van der Waals surface area contributed by atoms with E-state index in [0.29, 0.717) is 43.1 Å². The number of anilines is 1. The summed E-state index contributed by atoms with van der Waals surface area (Å²) in [6.07, 6.45) is 4.07. The topological polar surface area (TPSA) is 167 Å². The fourth-order valence-electron chi connectivity index (χ4n) is 3.79. The van der Waals surface area contributed by atoms with Crippen molar-refractivity contribution >= 4 is 28.9 Å². The molecule has 1 atom stereocenters. The van der Waals surface area contributed by atoms with Crippen LogP contribution in [0.4, 0.5) is 5.69 Å². The van der Waals surface area contributed by atoms with Crippen LogP contribution in [0.1, 0.15) is 58.5 Å². The van der Waals surface area contributed by atoms with Crippen LogP contribution >= 0.6 is 0 Å². The average molecular weight is 591 g/mol. The molecule has 15 heteroatoms. The van der Waals surface area contributed by atoms with E-state index in [2.05, 4.69) is 30.2 Å². The summed E-state index contributed by atoms with van der Waals surface area (Å²) in [6.45, 7) is 12.1. The molecule has 0 aliphatic carbocycles. The maximum atomic E-state index is 12.2. The van der Waals surface area contributed by atoms with E-state index in [1.807, 2.05) is 12.1 Å². The molecule has 3 rings (SSSR count). The molecule has 0 aliphatic rings. The summed E-state index contributed by atoms with van der Waals surface area (Å²) in [6, 6.07) is 7.22. The highest BCUT2D eigenvalue weighted by Crippen LogP contribution is 2.14. The molecule has 224 valence electrons. The number of nitrogens with zero attached hydrogens (tertiary/aromatic N) is 7. The lowest BCUT2D eigenvalue weighted by molar-refractivity contribution is -0.157. The first kappa shape index (κ1) is 31.8. The van der Waals surface area contributed by atoms with Gasteiger partial charge in [-0.2, -0.15) is 0 Å². The van der Waals surface area contributed by atoms with E-state index in [1.54, 1.807) is 66.1 Å². The molecular formula is C26H38N8O6S. The molecule has 1 unspecified atom stereocenters. The van der Waals surface area contributed by atoms with Crippen molar-refractivity contribution in [3.63, 3.8) is 0 Å². The first-order chi connectivity index (χ1) is 19.1. The van der Waals surface area contributed by atoms with Gasteiger partial charge in [0.25, 0.3) is 11.3 Å². The number of ether oxygens (including phenoxy) is 2. The third kappa shape index (κ3) is 12.2. The highest BCUT2D eigenvalue weighted by atomic mass is 32.2. The van der Waals surface area contributed by atoms with Gasteiger partial charge < -0.3 is 9.47 Å². The van der Waals surface area contributed by atoms with Crippen molar-refractivity contribution < 1.29 is 27.8 Å². The molecule has 0 radical (unpaired) electrons. The van der Waals surface area contributed by atoms with Crippen LogP contribution in [-0.2, 0) is 62.9 Å². The largest absolute Gasteiger partial charge is 0.459 e. The number of esters is 2. The standard InChI is InChI=1S/C26H38N8O6S/c1-25(2,3)39-23(35)17-33-15-21(27-30-33)13-32(12-11-19-7-9-20(10-8-19)29-41(37)38)14-22-16-34(31-28-22)18-24(36)40-26(4,5)6/h7-10,15-16,29H,11-14,17-18H2,1-6H3,(H,37,38). The van der Waals surface area contributed by atoms with Crippen LogP contribution in [0.3, 0.4) is 0 Å². The molecule has 0 amide bonds. The van der Waals surface area contributed by atoms with Gasteiger partial charge in [-0.15, -0.1) is 10.2 Å². The lowest BCUT2D eigenvalue weighted by Crippen LogP contribution is -2.27. The van der Waals surface area contributed by atoms with Gasteiger partial charge in [-0.1, -0.05) is 22.6 Å². The fourth-order valence-corrected chi connectivity index (χ4v) is 4.13. The predicted molar refractivity (Wildman–Crippen MR) is 150 cm³/mol. The number of hydrogen-bond acceptors (Lipinski definition) is 10. The summed E-state index contributed by atoms with van der Waals surface area (Å²) >= 11 is -2.14. The Kier molecular flexibility index (Phi) is 10.7. The van der Waals surface area contributed by atoms with E-state index in [-0.39, 0.29) is 13.1 Å². The van der Waals surface area contributed by atoms with Crippen LogP contribution in [-0.4, -0.2) is 73.3 Å². The van der Waals surface area contributed by atoms with E-state index in [9.17, 15) is 13.8 Å². The molecule has 14 nitrogen and oxygen atoms in total. The molecular weight excluding hydrogens is 552 g/mol. The third-order valence-electron chi connectivity index (χ3n) is 5.24. The summed E-state index contributed by atoms with van der Waals surface area (Å²) in [5.41, 5.74) is 1.67. The molecule has 0 saturated carbocycles. The molecule has 0 fully saturated rings. The van der Waals surface area contributed by atoms with Gasteiger partial charge in [-0.3, -0.25) is 23.8 Å². The Morgan fingerprint density at radius 1 is 0.878 bits per heavy atom. The van der Waals surface area contributed by atoms with Gasteiger partial charge in [0.1, 0.15) is 24.3 Å². The minimum absolute atomic E-state index is 0.0533. The minimum Gasteiger partial charge on any atom is -0.459 e. The number of carbonyl (C=O) groups excluding carboxylic acids is 2. The van der Waals surface area contributed by atoms with E-state index in [0.717, 1.165) is 5.56 Å². The van der Waals surface area contributed by atoms with Crippen molar-refractivity contribution in [3.05, 3.63) is 53.6 Å². The average Bonchev–Trinajstić information content (AvgIpc) is 3.44. The monoisotopic (exact) mass is 590 g/mol. The van der Waals surface area contributed by atoms with Crippen LogP contribution in [0.5, 0.6) is 0 Å². The van der Waals surface area contributed by atoms with E-state index in [1.165, 1.54) is 9.36 Å². The van der Waals surface area contributed by atoms with Crippen LogP contribution < -0.4 is 4.72 Å². The molecule has 2 aromatic heterocycles. The first-order valence-corrected chi connectivity index (χ1v) is 14.1. The van der Waals surface area contributed by atoms with Gasteiger partial charge in [0.2, 0.25) is 0 Å². The highest BCUT2D eigenvalue weighted by Gasteiger charge is 2.19. The zero-order valence-electron chi connectivity index (χ0n) is 24.2. The Morgan fingerprint density at radius 3 is 1.76 bits per heavy atom. The smallest absolute Gasteiger partial charge is 0.328 e. The first-order valence-electron chi connectivity index (χ1n) is 13.0. The Morgan fingerprint density at radius 2 is 1.34 bits per heavy atom. The number of aromatic nitrogens is 6. The molecule has 1 aromatic carbocycles. The second-order valence-electron chi connectivity index (χ2n) is 11.5. The summed E-state index contributed by atoms with van der Waals surface area (Å²) in [7, 11) is 0. The van der Waals surface area contributed by atoms with E-state index < -0.39 is 34.4 Å². The van der Waals surface area contributed by atoms with Gasteiger partial charge in [0, 0.05) is 25.3 Å². The molecule has 0 bridgehead atoms. The van der Waals surface area contributed by atoms with Crippen molar-refractivity contribution in [1.29, 1.82) is 0 Å². The quantitative estimate of drug-likeness (QED) is 0.222. The number of rotatable bonds is 13. The second kappa shape index (κ2) is 13.8. The fraction of sp³-hybridized carbons (Fsp3) is 0.538. The lowest BCUT2D eigenvalue weighted by atomic mass is 10.1. The summed E-state index contributed by atoms with van der Waals surface area (Å²) in [4.78, 5) is 26.5. The van der Waals surface area contributed by atoms with Gasteiger partial charge in [-0.25, -0.2) is 13.6 Å². The Balaban J connectivity index is 1.68. The summed E-state index contributed by atoms with van der Waals surface area (Å²) < 4.78 is 36.0. The molecule has 0 saturated heterocycles. The summed E-state index contributed by atoms with van der Waals surface area (Å²) in [5, 5.41) is 16.6. The van der Waals surface area contributed by atoms with Crippen molar-refractivity contribution in [2.24, 2.45) is 0 Å². The zero-order chi connectivity index (χ0) is 30.2. The van der Waals surface area contributed by atoms with Crippen molar-refractivity contribution in [2.45, 2.75) is 85.3 Å². The second-order valence-corrected chi connectivity index (χ2v) is 12.2.